The monoisotopic (exact) mass is 399 g/mol. The van der Waals surface area contributed by atoms with Crippen LogP contribution >= 0.6 is 11.6 Å². The second kappa shape index (κ2) is 7.92. The molecule has 1 N–H and O–H groups in total. The molecule has 0 bridgehead atoms. The van der Waals surface area contributed by atoms with E-state index in [0.717, 1.165) is 24.8 Å². The molecule has 146 valence electrons. The van der Waals surface area contributed by atoms with Gasteiger partial charge in [-0.2, -0.15) is 18.3 Å². The quantitative estimate of drug-likeness (QED) is 0.679. The maximum absolute atomic E-state index is 13.0. The van der Waals surface area contributed by atoms with Gasteiger partial charge in [0.25, 0.3) is 5.91 Å². The van der Waals surface area contributed by atoms with Crippen molar-refractivity contribution in [2.45, 2.75) is 51.2 Å². The van der Waals surface area contributed by atoms with Gasteiger partial charge in [0.2, 0.25) is 0 Å². The van der Waals surface area contributed by atoms with Crippen LogP contribution in [-0.4, -0.2) is 22.2 Å². The Morgan fingerprint density at radius 2 is 1.96 bits per heavy atom. The molecule has 0 spiro atoms. The first-order valence-corrected chi connectivity index (χ1v) is 9.39. The number of aromatic nitrogens is 2. The number of amides is 1. The van der Waals surface area contributed by atoms with E-state index in [1.54, 1.807) is 12.1 Å². The molecule has 1 aliphatic carbocycles. The Balaban J connectivity index is 1.58. The summed E-state index contributed by atoms with van der Waals surface area (Å²) in [5.74, 6) is -0.151. The standard InChI is InChI=1S/C19H21ClF3N3O/c1-2-12-4-6-14(7-5-12)18(27)24-10-3-11-26-16(13-8-9-13)15(20)17(25-26)19(21,22)23/h4-7,13H,2-3,8-11H2,1H3,(H,24,27). The summed E-state index contributed by atoms with van der Waals surface area (Å²) in [6.07, 6.45) is -1.55. The SMILES string of the molecule is CCc1ccc(C(=O)NCCCn2nc(C(F)(F)F)c(Cl)c2C2CC2)cc1. The zero-order valence-corrected chi connectivity index (χ0v) is 15.7. The highest BCUT2D eigenvalue weighted by Crippen LogP contribution is 2.46. The van der Waals surface area contributed by atoms with Gasteiger partial charge in [-0.15, -0.1) is 0 Å². The summed E-state index contributed by atoms with van der Waals surface area (Å²) in [5, 5.41) is 6.18. The molecule has 0 atom stereocenters. The number of nitrogens with zero attached hydrogens (tertiary/aromatic N) is 2. The normalized spacial score (nSPS) is 14.4. The highest BCUT2D eigenvalue weighted by atomic mass is 35.5. The lowest BCUT2D eigenvalue weighted by molar-refractivity contribution is -0.141. The van der Waals surface area contributed by atoms with Crippen molar-refractivity contribution < 1.29 is 18.0 Å². The number of carbonyl (C=O) groups is 1. The van der Waals surface area contributed by atoms with Gasteiger partial charge < -0.3 is 5.32 Å². The first kappa shape index (κ1) is 19.7. The van der Waals surface area contributed by atoms with E-state index in [1.165, 1.54) is 4.68 Å². The minimum atomic E-state index is -4.56. The second-order valence-corrected chi connectivity index (χ2v) is 7.08. The van der Waals surface area contributed by atoms with E-state index < -0.39 is 11.9 Å². The van der Waals surface area contributed by atoms with Gasteiger partial charge in [-0.25, -0.2) is 0 Å². The molecular weight excluding hydrogens is 379 g/mol. The molecule has 0 saturated heterocycles. The van der Waals surface area contributed by atoms with Crippen molar-refractivity contribution in [3.63, 3.8) is 0 Å². The Morgan fingerprint density at radius 1 is 1.30 bits per heavy atom. The molecule has 1 amide bonds. The number of rotatable bonds is 7. The molecule has 3 rings (SSSR count). The summed E-state index contributed by atoms with van der Waals surface area (Å²) in [4.78, 5) is 12.1. The third kappa shape index (κ3) is 4.64. The first-order chi connectivity index (χ1) is 12.8. The van der Waals surface area contributed by atoms with Gasteiger partial charge in [0, 0.05) is 24.6 Å². The molecule has 1 fully saturated rings. The first-order valence-electron chi connectivity index (χ1n) is 9.01. The molecule has 0 radical (unpaired) electrons. The van der Waals surface area contributed by atoms with Crippen LogP contribution in [0.4, 0.5) is 13.2 Å². The maximum atomic E-state index is 13.0. The summed E-state index contributed by atoms with van der Waals surface area (Å²) in [7, 11) is 0. The van der Waals surface area contributed by atoms with Gasteiger partial charge in [-0.3, -0.25) is 9.48 Å². The highest BCUT2D eigenvalue weighted by molar-refractivity contribution is 6.32. The van der Waals surface area contributed by atoms with Crippen molar-refractivity contribution in [1.29, 1.82) is 0 Å². The summed E-state index contributed by atoms with van der Waals surface area (Å²) < 4.78 is 40.5. The van der Waals surface area contributed by atoms with Crippen LogP contribution in [0.2, 0.25) is 5.02 Å². The maximum Gasteiger partial charge on any atom is 0.436 e. The van der Waals surface area contributed by atoms with Gasteiger partial charge in [0.05, 0.1) is 10.7 Å². The summed E-state index contributed by atoms with van der Waals surface area (Å²) in [5.41, 5.74) is 1.15. The van der Waals surface area contributed by atoms with Crippen molar-refractivity contribution >= 4 is 17.5 Å². The Bertz CT molecular complexity index is 811. The van der Waals surface area contributed by atoms with Crippen molar-refractivity contribution in [3.05, 3.63) is 51.8 Å². The number of carbonyl (C=O) groups excluding carboxylic acids is 1. The molecule has 0 unspecified atom stereocenters. The molecule has 2 aromatic rings. The minimum Gasteiger partial charge on any atom is -0.352 e. The smallest absolute Gasteiger partial charge is 0.352 e. The van der Waals surface area contributed by atoms with Crippen LogP contribution in [0.5, 0.6) is 0 Å². The van der Waals surface area contributed by atoms with Gasteiger partial charge >= 0.3 is 6.18 Å². The summed E-state index contributed by atoms with van der Waals surface area (Å²) >= 11 is 5.94. The molecule has 1 aliphatic rings. The number of aryl methyl sites for hydroxylation is 2. The van der Waals surface area contributed by atoms with Crippen molar-refractivity contribution in [1.82, 2.24) is 15.1 Å². The molecule has 1 heterocycles. The average Bonchev–Trinajstić information content (AvgIpc) is 3.41. The number of hydrogen-bond donors (Lipinski definition) is 1. The third-order valence-corrected chi connectivity index (χ3v) is 4.99. The minimum absolute atomic E-state index is 0.0489. The van der Waals surface area contributed by atoms with E-state index in [0.29, 0.717) is 24.2 Å². The number of hydrogen-bond acceptors (Lipinski definition) is 2. The van der Waals surface area contributed by atoms with Crippen molar-refractivity contribution in [3.8, 4) is 0 Å². The summed E-state index contributed by atoms with van der Waals surface area (Å²) in [6, 6.07) is 7.34. The highest BCUT2D eigenvalue weighted by Gasteiger charge is 2.41. The van der Waals surface area contributed by atoms with Crippen LogP contribution in [0.15, 0.2) is 24.3 Å². The van der Waals surface area contributed by atoms with E-state index in [2.05, 4.69) is 10.4 Å². The molecular formula is C19H21ClF3N3O. The average molecular weight is 400 g/mol. The molecule has 4 nitrogen and oxygen atoms in total. The van der Waals surface area contributed by atoms with Crippen LogP contribution in [-0.2, 0) is 19.1 Å². The second-order valence-electron chi connectivity index (χ2n) is 6.70. The van der Waals surface area contributed by atoms with Crippen LogP contribution in [0, 0.1) is 0 Å². The Morgan fingerprint density at radius 3 is 2.52 bits per heavy atom. The fourth-order valence-electron chi connectivity index (χ4n) is 2.98. The van der Waals surface area contributed by atoms with Crippen molar-refractivity contribution in [2.24, 2.45) is 0 Å². The van der Waals surface area contributed by atoms with Crippen LogP contribution in [0.3, 0.4) is 0 Å². The molecule has 0 aliphatic heterocycles. The van der Waals surface area contributed by atoms with Crippen LogP contribution in [0.1, 0.15) is 59.4 Å². The number of halogens is 4. The number of benzene rings is 1. The largest absolute Gasteiger partial charge is 0.436 e. The van der Waals surface area contributed by atoms with Crippen LogP contribution < -0.4 is 5.32 Å². The van der Waals surface area contributed by atoms with Gasteiger partial charge in [-0.05, 0) is 43.4 Å². The van der Waals surface area contributed by atoms with E-state index >= 15 is 0 Å². The Hall–Kier alpha value is -2.02. The fourth-order valence-corrected chi connectivity index (χ4v) is 3.37. The predicted molar refractivity (Wildman–Crippen MR) is 97.0 cm³/mol. The van der Waals surface area contributed by atoms with E-state index in [1.807, 2.05) is 19.1 Å². The number of nitrogens with one attached hydrogen (secondary N) is 1. The van der Waals surface area contributed by atoms with E-state index in [9.17, 15) is 18.0 Å². The lowest BCUT2D eigenvalue weighted by Gasteiger charge is -2.08. The van der Waals surface area contributed by atoms with Gasteiger partial charge in [0.15, 0.2) is 5.69 Å². The number of alkyl halides is 3. The molecule has 1 aromatic heterocycles. The lowest BCUT2D eigenvalue weighted by Crippen LogP contribution is -2.25. The lowest BCUT2D eigenvalue weighted by atomic mass is 10.1. The van der Waals surface area contributed by atoms with E-state index in [4.69, 9.17) is 11.6 Å². The van der Waals surface area contributed by atoms with Crippen LogP contribution in [0.25, 0.3) is 0 Å². The fraction of sp³-hybridized carbons (Fsp3) is 0.474. The molecule has 27 heavy (non-hydrogen) atoms. The molecule has 1 saturated carbocycles. The zero-order chi connectivity index (χ0) is 19.6. The molecule has 8 heteroatoms. The summed E-state index contributed by atoms with van der Waals surface area (Å²) in [6.45, 7) is 2.66. The van der Waals surface area contributed by atoms with E-state index in [-0.39, 0.29) is 23.4 Å². The predicted octanol–water partition coefficient (Wildman–Crippen LogP) is 4.82. The third-order valence-electron chi connectivity index (χ3n) is 4.62. The topological polar surface area (TPSA) is 46.9 Å². The van der Waals surface area contributed by atoms with Gasteiger partial charge in [0.1, 0.15) is 0 Å². The zero-order valence-electron chi connectivity index (χ0n) is 14.9. The van der Waals surface area contributed by atoms with Crippen molar-refractivity contribution in [2.75, 3.05) is 6.54 Å². The Kier molecular flexibility index (Phi) is 5.79. The Labute approximate surface area is 160 Å². The molecule has 1 aromatic carbocycles. The van der Waals surface area contributed by atoms with Gasteiger partial charge in [-0.1, -0.05) is 30.7 Å².